The third kappa shape index (κ3) is 2.29. The van der Waals surface area contributed by atoms with Crippen LogP contribution in [0, 0.1) is 0 Å². The molecule has 4 heterocycles. The van der Waals surface area contributed by atoms with E-state index in [2.05, 4.69) is 9.55 Å². The minimum absolute atomic E-state index is 0. The first-order chi connectivity index (χ1) is 9.65. The third-order valence-electron chi connectivity index (χ3n) is 3.39. The van der Waals surface area contributed by atoms with Crippen LogP contribution in [0.25, 0.3) is 6.08 Å². The molecule has 1 fully saturated rings. The van der Waals surface area contributed by atoms with Crippen molar-refractivity contribution in [3.8, 4) is 0 Å². The van der Waals surface area contributed by atoms with E-state index in [4.69, 9.17) is 0 Å². The number of rotatable bonds is 2. The average Bonchev–Trinajstić information content (AvgIpc) is 3.07. The molecule has 1 saturated heterocycles. The third-order valence-corrected chi connectivity index (χ3v) is 5.39. The number of hydrogen-bond acceptors (Lipinski definition) is 6. The number of hydrogen-bond donors (Lipinski definition) is 0. The summed E-state index contributed by atoms with van der Waals surface area (Å²) in [6.45, 7) is 0. The molecule has 21 heavy (non-hydrogen) atoms. The van der Waals surface area contributed by atoms with Gasteiger partial charge in [0.2, 0.25) is 0 Å². The maximum atomic E-state index is 12.0. The molecule has 3 aliphatic rings. The molecule has 0 radical (unpaired) electrons. The molecule has 102 valence electrons. The minimum atomic E-state index is -1.31. The summed E-state index contributed by atoms with van der Waals surface area (Å²) >= 11 is 3.10. The van der Waals surface area contributed by atoms with E-state index in [0.29, 0.717) is 5.57 Å². The molecule has 0 bridgehead atoms. The first kappa shape index (κ1) is 15.2. The van der Waals surface area contributed by atoms with Crippen LogP contribution < -0.4 is 34.7 Å². The Morgan fingerprint density at radius 2 is 2.33 bits per heavy atom. The molecule has 9 heteroatoms. The Bertz CT molecular complexity index is 691. The van der Waals surface area contributed by atoms with Gasteiger partial charge in [-0.2, -0.15) is 0 Å². The molecule has 1 amide bonds. The Hall–Kier alpha value is -0.670. The van der Waals surface area contributed by atoms with Gasteiger partial charge in [0, 0.05) is 6.20 Å². The van der Waals surface area contributed by atoms with Crippen molar-refractivity contribution >= 4 is 41.5 Å². The summed E-state index contributed by atoms with van der Waals surface area (Å²) in [5, 5.41) is 12.1. The first-order valence-electron chi connectivity index (χ1n) is 5.91. The number of carbonyl (C=O) groups is 2. The summed E-state index contributed by atoms with van der Waals surface area (Å²) in [5.74, 6) is 1.19. The molecular formula is C12H8N3NaO3S2. The van der Waals surface area contributed by atoms with Gasteiger partial charge in [0.05, 0.1) is 34.6 Å². The second-order valence-corrected chi connectivity index (χ2v) is 6.49. The van der Waals surface area contributed by atoms with Crippen LogP contribution in [0.15, 0.2) is 22.9 Å². The summed E-state index contributed by atoms with van der Waals surface area (Å²) in [6.07, 6.45) is 3.67. The Kier molecular flexibility index (Phi) is 4.00. The number of β-lactam (4-membered cyclic amide) rings is 1. The van der Waals surface area contributed by atoms with Crippen LogP contribution >= 0.6 is 23.5 Å². The molecule has 1 aromatic rings. The van der Waals surface area contributed by atoms with Gasteiger partial charge in [0.1, 0.15) is 11.2 Å². The molecule has 0 saturated carbocycles. The Morgan fingerprint density at radius 1 is 1.52 bits per heavy atom. The number of imidazole rings is 1. The predicted octanol–water partition coefficient (Wildman–Crippen LogP) is -3.02. The molecule has 0 aromatic carbocycles. The quantitative estimate of drug-likeness (QED) is 0.327. The second-order valence-electron chi connectivity index (χ2n) is 4.58. The van der Waals surface area contributed by atoms with Crippen molar-refractivity contribution in [3.05, 3.63) is 34.4 Å². The van der Waals surface area contributed by atoms with Crippen molar-refractivity contribution in [1.82, 2.24) is 14.5 Å². The summed E-state index contributed by atoms with van der Waals surface area (Å²) in [5.41, 5.74) is 1.30. The van der Waals surface area contributed by atoms with E-state index >= 15 is 0 Å². The van der Waals surface area contributed by atoms with E-state index in [9.17, 15) is 14.7 Å². The number of thioether (sulfide) groups is 2. The van der Waals surface area contributed by atoms with E-state index in [1.165, 1.54) is 22.1 Å². The van der Waals surface area contributed by atoms with Crippen molar-refractivity contribution in [2.75, 3.05) is 0 Å². The maximum Gasteiger partial charge on any atom is 1.00 e. The molecule has 1 atom stereocenters. The first-order valence-corrected chi connectivity index (χ1v) is 8.01. The van der Waals surface area contributed by atoms with Crippen LogP contribution in [0.2, 0.25) is 0 Å². The van der Waals surface area contributed by atoms with Gasteiger partial charge in [-0.05, 0) is 11.5 Å². The molecule has 0 aliphatic carbocycles. The largest absolute Gasteiger partial charge is 1.00 e. The smallest absolute Gasteiger partial charge is 0.543 e. The van der Waals surface area contributed by atoms with Gasteiger partial charge in [-0.3, -0.25) is 9.69 Å². The van der Waals surface area contributed by atoms with Crippen LogP contribution in [0.4, 0.5) is 0 Å². The number of aromatic nitrogens is 2. The van der Waals surface area contributed by atoms with E-state index in [1.807, 2.05) is 6.20 Å². The summed E-state index contributed by atoms with van der Waals surface area (Å²) < 4.78 is 2.06. The molecule has 0 spiro atoms. The van der Waals surface area contributed by atoms with Crippen molar-refractivity contribution < 1.29 is 44.3 Å². The van der Waals surface area contributed by atoms with Gasteiger partial charge in [-0.25, -0.2) is 4.98 Å². The molecule has 6 nitrogen and oxygen atoms in total. The monoisotopic (exact) mass is 329 g/mol. The zero-order chi connectivity index (χ0) is 13.9. The Balaban J connectivity index is 0.00000132. The number of carboxylic acid groups (broad SMARTS) is 1. The number of carboxylic acids is 1. The fourth-order valence-electron chi connectivity index (χ4n) is 2.43. The number of amides is 1. The van der Waals surface area contributed by atoms with Gasteiger partial charge in [-0.1, -0.05) is 0 Å². The van der Waals surface area contributed by atoms with Crippen molar-refractivity contribution in [3.63, 3.8) is 0 Å². The zero-order valence-electron chi connectivity index (χ0n) is 11.1. The van der Waals surface area contributed by atoms with Gasteiger partial charge in [0.25, 0.3) is 5.91 Å². The number of aliphatic carboxylic acids is 1. The van der Waals surface area contributed by atoms with Crippen LogP contribution in [0.3, 0.4) is 0 Å². The van der Waals surface area contributed by atoms with E-state index in [-0.39, 0.29) is 46.5 Å². The van der Waals surface area contributed by atoms with Crippen LogP contribution in [-0.2, 0) is 21.2 Å². The Morgan fingerprint density at radius 3 is 3.05 bits per heavy atom. The maximum absolute atomic E-state index is 12.0. The summed E-state index contributed by atoms with van der Waals surface area (Å²) in [6, 6.07) is 0. The van der Waals surface area contributed by atoms with E-state index in [1.54, 1.807) is 17.8 Å². The van der Waals surface area contributed by atoms with Gasteiger partial charge in [-0.15, -0.1) is 23.5 Å². The van der Waals surface area contributed by atoms with Crippen LogP contribution in [0.5, 0.6) is 0 Å². The van der Waals surface area contributed by atoms with Crippen LogP contribution in [-0.4, -0.2) is 31.7 Å². The molecule has 1 aromatic heterocycles. The number of nitrogens with zero attached hydrogens (tertiary/aromatic N) is 3. The molecule has 0 N–H and O–H groups in total. The fourth-order valence-corrected chi connectivity index (χ4v) is 4.47. The normalized spacial score (nSPS) is 24.3. The molecule has 0 unspecified atom stereocenters. The zero-order valence-corrected chi connectivity index (χ0v) is 14.7. The van der Waals surface area contributed by atoms with Crippen molar-refractivity contribution in [2.45, 2.75) is 17.0 Å². The van der Waals surface area contributed by atoms with Crippen molar-refractivity contribution in [1.29, 1.82) is 0 Å². The van der Waals surface area contributed by atoms with Gasteiger partial charge < -0.3 is 14.5 Å². The summed E-state index contributed by atoms with van der Waals surface area (Å²) in [4.78, 5) is 28.6. The SMILES string of the molecule is O=C([O-])C1=CS[C@@H]2/C(=C\c3cn4c(n3)CSC4)C(=O)N12.[Na+]. The number of carbonyl (C=O) groups excluding carboxylic acids is 2. The minimum Gasteiger partial charge on any atom is -0.543 e. The van der Waals surface area contributed by atoms with Gasteiger partial charge in [0.15, 0.2) is 0 Å². The number of fused-ring (bicyclic) bond motifs is 2. The van der Waals surface area contributed by atoms with Gasteiger partial charge >= 0.3 is 29.6 Å². The topological polar surface area (TPSA) is 78.3 Å². The fraction of sp³-hybridized carbons (Fsp3) is 0.250. The standard InChI is InChI=1S/C12H9N3O3S2.Na/c16-10-7(11-15(10)8(3-20-11)12(17)18)1-6-2-14-5-19-4-9(14)13-6;/h1-3,11H,4-5H2,(H,17,18);/q;+1/p-1/b7-1-;/t11-;/m1./s1. The van der Waals surface area contributed by atoms with E-state index < -0.39 is 5.97 Å². The predicted molar refractivity (Wildman–Crippen MR) is 72.8 cm³/mol. The average molecular weight is 329 g/mol. The molecule has 3 aliphatic heterocycles. The van der Waals surface area contributed by atoms with Crippen molar-refractivity contribution in [2.24, 2.45) is 0 Å². The Labute approximate surface area is 150 Å². The molecule has 4 rings (SSSR count). The van der Waals surface area contributed by atoms with E-state index in [0.717, 1.165) is 23.1 Å². The molecular weight excluding hydrogens is 321 g/mol. The second kappa shape index (κ2) is 5.51. The summed E-state index contributed by atoms with van der Waals surface area (Å²) in [7, 11) is 0. The van der Waals surface area contributed by atoms with Crippen LogP contribution in [0.1, 0.15) is 11.5 Å².